The number of halogens is 6. The van der Waals surface area contributed by atoms with Gasteiger partial charge in [0.05, 0.1) is 13.2 Å². The third kappa shape index (κ3) is 22.6. The first-order valence-corrected chi connectivity index (χ1v) is 31.0. The Balaban J connectivity index is 0.000000286. The van der Waals surface area contributed by atoms with Gasteiger partial charge in [-0.2, -0.15) is 26.3 Å². The average Bonchev–Trinajstić information content (AvgIpc) is 2.25. The molecule has 0 saturated carbocycles. The number of aryl methyl sites for hydroxylation is 1. The lowest BCUT2D eigenvalue weighted by molar-refractivity contribution is -0.119. The lowest BCUT2D eigenvalue weighted by Crippen LogP contribution is -2.26. The molecule has 0 radical (unpaired) electrons. The van der Waals surface area contributed by atoms with Gasteiger partial charge in [0.2, 0.25) is 47.0 Å². The van der Waals surface area contributed by atoms with Crippen LogP contribution in [-0.4, -0.2) is 42.9 Å². The van der Waals surface area contributed by atoms with Gasteiger partial charge in [-0.1, -0.05) is 157 Å². The maximum Gasteiger partial charge on any atom is 0.220 e. The van der Waals surface area contributed by atoms with Crippen LogP contribution in [0.25, 0.3) is 11.1 Å². The first-order chi connectivity index (χ1) is 41.6. The Morgan fingerprint density at radius 1 is 0.461 bits per heavy atom. The Morgan fingerprint density at radius 2 is 0.888 bits per heavy atom. The monoisotopic (exact) mass is 1230 g/mol. The molecule has 89 heavy (non-hydrogen) atoms. The van der Waals surface area contributed by atoms with Gasteiger partial charge >= 0.3 is 0 Å². The maximum absolute atomic E-state index is 13.5. The minimum absolute atomic E-state index is 0.188. The van der Waals surface area contributed by atoms with Gasteiger partial charge in [0.1, 0.15) is 0 Å². The average molecular weight is 1230 g/mol. The van der Waals surface area contributed by atoms with Crippen LogP contribution in [-0.2, 0) is 11.2 Å². The number of ether oxygens (including phenoxy) is 1. The van der Waals surface area contributed by atoms with Crippen LogP contribution in [0, 0.1) is 35.7 Å². The van der Waals surface area contributed by atoms with Crippen molar-refractivity contribution in [3.63, 3.8) is 0 Å². The van der Waals surface area contributed by atoms with Crippen LogP contribution in [0.1, 0.15) is 284 Å². The highest BCUT2D eigenvalue weighted by Crippen LogP contribution is 2.37. The van der Waals surface area contributed by atoms with Crippen LogP contribution in [0.5, 0.6) is 5.75 Å². The van der Waals surface area contributed by atoms with Gasteiger partial charge in [0, 0.05) is 59.8 Å². The molecule has 484 valence electrons. The van der Waals surface area contributed by atoms with E-state index in [1.54, 1.807) is 24.4 Å². The molecule has 1 aliphatic carbocycles. The van der Waals surface area contributed by atoms with E-state index in [1.165, 1.54) is 56.9 Å². The lowest BCUT2D eigenvalue weighted by Gasteiger charge is -2.17. The Labute approximate surface area is 526 Å². The summed E-state index contributed by atoms with van der Waals surface area (Å²) in [4.78, 5) is 46.5. The highest BCUT2D eigenvalue weighted by atomic mass is 19.2. The second kappa shape index (κ2) is 35.7. The fourth-order valence-electron chi connectivity index (χ4n) is 10.4. The van der Waals surface area contributed by atoms with E-state index in [9.17, 15) is 35.9 Å². The van der Waals surface area contributed by atoms with Crippen LogP contribution < -0.4 is 15.5 Å². The summed E-state index contributed by atoms with van der Waals surface area (Å²) in [5.74, 6) is 0.959. The van der Waals surface area contributed by atoms with Gasteiger partial charge < -0.3 is 10.1 Å². The molecule has 1 aromatic carbocycles. The van der Waals surface area contributed by atoms with E-state index in [2.05, 4.69) is 118 Å². The smallest absolute Gasteiger partial charge is 0.220 e. The van der Waals surface area contributed by atoms with E-state index in [-0.39, 0.29) is 76.5 Å². The summed E-state index contributed by atoms with van der Waals surface area (Å²) < 4.78 is 83.9. The van der Waals surface area contributed by atoms with Crippen molar-refractivity contribution in [2.45, 2.75) is 223 Å². The van der Waals surface area contributed by atoms with E-state index in [0.29, 0.717) is 53.9 Å². The molecule has 6 heterocycles. The Morgan fingerprint density at radius 3 is 1.27 bits per heavy atom. The minimum atomic E-state index is -0.546. The number of hydrogen-bond donors (Lipinski definition) is 1. The molecule has 7 aromatic rings. The van der Waals surface area contributed by atoms with Crippen LogP contribution in [0.2, 0.25) is 0 Å². The van der Waals surface area contributed by atoms with Crippen molar-refractivity contribution >= 4 is 5.91 Å². The van der Waals surface area contributed by atoms with Gasteiger partial charge in [-0.15, -0.1) is 0 Å². The minimum Gasteiger partial charge on any atom is -0.493 e. The van der Waals surface area contributed by atoms with Crippen molar-refractivity contribution in [2.24, 2.45) is 0 Å². The highest BCUT2D eigenvalue weighted by molar-refractivity contribution is 5.76. The second-order valence-corrected chi connectivity index (χ2v) is 25.3. The fourth-order valence-corrected chi connectivity index (χ4v) is 10.4. The van der Waals surface area contributed by atoms with Gasteiger partial charge in [-0.25, -0.2) is 29.9 Å². The number of nitrogens with one attached hydrogen (secondary N) is 1. The molecule has 1 amide bonds. The number of amides is 1. The zero-order valence-electron chi connectivity index (χ0n) is 56.6. The standard InChI is InChI=1S/C18H17FN2O3.5C11H16FN/c1-10(22)21-15-5-3-11-7-18(19)20-9-14(11)12-4-6-17(24-2)16(23)8-13(12)15;1-7(2)9-5-11(12)13-6-10(9)8(3)4;2*1-7(2)9-5-6-13-11(12)10(9)8(3)4;2*1-7(2)9-5-6-10(12)13-11(9)8(3)4/h4,6-9,15H,3,5H2,1-2H3,(H,21,22);5*5-8H,1-4H3/t15-;;;;;/m0...../s1. The van der Waals surface area contributed by atoms with Crippen LogP contribution in [0.3, 0.4) is 0 Å². The predicted octanol–water partition coefficient (Wildman–Crippen LogP) is 19.7. The maximum atomic E-state index is 13.5. The molecule has 0 spiro atoms. The normalized spacial score (nSPS) is 12.5. The molecule has 1 aliphatic rings. The molecule has 8 rings (SSSR count). The van der Waals surface area contributed by atoms with Gasteiger partial charge in [-0.05, 0) is 171 Å². The van der Waals surface area contributed by atoms with E-state index < -0.39 is 5.95 Å². The summed E-state index contributed by atoms with van der Waals surface area (Å²) in [6.07, 6.45) is 7.33. The first-order valence-electron chi connectivity index (χ1n) is 31.0. The van der Waals surface area contributed by atoms with Gasteiger partial charge in [0.15, 0.2) is 5.75 Å². The third-order valence-electron chi connectivity index (χ3n) is 14.9. The fraction of sp³-hybridized carbons (Fsp3) is 0.479. The summed E-state index contributed by atoms with van der Waals surface area (Å²) >= 11 is 0. The molecule has 1 N–H and O–H groups in total. The number of carbonyl (C=O) groups is 1. The molecule has 6 aromatic heterocycles. The van der Waals surface area contributed by atoms with Crippen LogP contribution in [0.4, 0.5) is 26.3 Å². The molecule has 0 bridgehead atoms. The number of fused-ring (bicyclic) bond motifs is 3. The predicted molar refractivity (Wildman–Crippen MR) is 349 cm³/mol. The quantitative estimate of drug-likeness (QED) is 0.0938. The molecule has 10 nitrogen and oxygen atoms in total. The number of hydrogen-bond acceptors (Lipinski definition) is 9. The molecule has 0 saturated heterocycles. The van der Waals surface area contributed by atoms with E-state index >= 15 is 0 Å². The van der Waals surface area contributed by atoms with Crippen molar-refractivity contribution in [1.82, 2.24) is 35.2 Å². The highest BCUT2D eigenvalue weighted by Gasteiger charge is 2.25. The second-order valence-electron chi connectivity index (χ2n) is 25.3. The SMILES string of the molecule is CC(C)c1ccc(F)nc1C(C)C.CC(C)c1ccc(F)nc1C(C)C.CC(C)c1ccnc(F)c1C(C)C.CC(C)c1ccnc(F)c1C(C)C.CC(C)c1cnc(F)cc1C(C)C.COc1ccc2c(cc1=O)[C@@H](NC(C)=O)CCc1cc(F)ncc1-2. The summed E-state index contributed by atoms with van der Waals surface area (Å²) in [5.41, 5.74) is 12.7. The topological polar surface area (TPSA) is 133 Å². The molecule has 0 fully saturated rings. The molecule has 0 unspecified atom stereocenters. The van der Waals surface area contributed by atoms with Crippen molar-refractivity contribution in [3.8, 4) is 16.9 Å². The Hall–Kier alpha value is -7.36. The summed E-state index contributed by atoms with van der Waals surface area (Å²) in [5, 5.41) is 2.87. The van der Waals surface area contributed by atoms with Crippen molar-refractivity contribution in [3.05, 3.63) is 204 Å². The number of rotatable bonds is 12. The first kappa shape index (κ1) is 75.9. The number of nitrogens with zero attached hydrogens (tertiary/aromatic N) is 6. The lowest BCUT2D eigenvalue weighted by atomic mass is 9.92. The Bertz CT molecular complexity index is 3230. The van der Waals surface area contributed by atoms with Crippen molar-refractivity contribution in [1.29, 1.82) is 0 Å². The Kier molecular flexibility index (Phi) is 30.5. The molecular formula is C73H97F6N7O3. The number of methoxy groups -OCH3 is 1. The molecule has 1 atom stereocenters. The van der Waals surface area contributed by atoms with Gasteiger partial charge in [-0.3, -0.25) is 9.59 Å². The van der Waals surface area contributed by atoms with Gasteiger partial charge in [0.25, 0.3) is 0 Å². The summed E-state index contributed by atoms with van der Waals surface area (Å²) in [6, 6.07) is 17.8. The summed E-state index contributed by atoms with van der Waals surface area (Å²) in [6.45, 7) is 42.5. The zero-order chi connectivity index (χ0) is 67.3. The van der Waals surface area contributed by atoms with Crippen LogP contribution in [0.15, 0.2) is 96.3 Å². The molecular weight excluding hydrogens is 1140 g/mol. The zero-order valence-corrected chi connectivity index (χ0v) is 56.6. The van der Waals surface area contributed by atoms with E-state index in [1.807, 2.05) is 79.7 Å². The van der Waals surface area contributed by atoms with Crippen molar-refractivity contribution in [2.75, 3.05) is 7.11 Å². The molecule has 16 heteroatoms. The largest absolute Gasteiger partial charge is 0.493 e. The number of pyridine rings is 6. The van der Waals surface area contributed by atoms with E-state index in [4.69, 9.17) is 4.74 Å². The van der Waals surface area contributed by atoms with E-state index in [0.717, 1.165) is 72.6 Å². The summed E-state index contributed by atoms with van der Waals surface area (Å²) in [7, 11) is 1.43. The third-order valence-corrected chi connectivity index (χ3v) is 14.9. The van der Waals surface area contributed by atoms with Crippen molar-refractivity contribution < 1.29 is 35.9 Å². The van der Waals surface area contributed by atoms with Crippen LogP contribution >= 0.6 is 0 Å². The number of aromatic nitrogens is 6. The number of carbonyl (C=O) groups excluding carboxylic acids is 1. The molecule has 0 aliphatic heterocycles.